The molecule has 2 saturated heterocycles. The Balaban J connectivity index is 1.59. The Bertz CT molecular complexity index is 486. The summed E-state index contributed by atoms with van der Waals surface area (Å²) in [6.45, 7) is 6.26. The highest BCUT2D eigenvalue weighted by Gasteiger charge is 2.49. The van der Waals surface area contributed by atoms with Crippen LogP contribution < -0.4 is 0 Å². The van der Waals surface area contributed by atoms with Gasteiger partial charge in [0.05, 0.1) is 0 Å². The third kappa shape index (κ3) is 2.84. The summed E-state index contributed by atoms with van der Waals surface area (Å²) in [7, 11) is 0. The molecule has 0 amide bonds. The van der Waals surface area contributed by atoms with E-state index in [0.717, 1.165) is 18.9 Å². The van der Waals surface area contributed by atoms with E-state index in [-0.39, 0.29) is 6.09 Å². The molecule has 1 aromatic heterocycles. The highest BCUT2D eigenvalue weighted by Crippen LogP contribution is 2.46. The predicted octanol–water partition coefficient (Wildman–Crippen LogP) is 2.91. The number of fused-ring (bicyclic) bond motifs is 1. The number of imidazole rings is 1. The monoisotopic (exact) mass is 291 g/mol. The largest absolute Gasteiger partial charge is 0.447 e. The summed E-state index contributed by atoms with van der Waals surface area (Å²) < 4.78 is 6.86. The first-order chi connectivity index (χ1) is 10.1. The first kappa shape index (κ1) is 14.6. The number of hydrogen-bond acceptors (Lipinski definition) is 4. The normalized spacial score (nSPS) is 29.0. The van der Waals surface area contributed by atoms with Gasteiger partial charge in [-0.05, 0) is 44.6 Å². The van der Waals surface area contributed by atoms with Crippen molar-refractivity contribution in [1.82, 2.24) is 14.5 Å². The summed E-state index contributed by atoms with van der Waals surface area (Å²) in [5.41, 5.74) is 0.375. The molecule has 2 aliphatic heterocycles. The number of nitrogens with zero attached hydrogens (tertiary/aromatic N) is 3. The molecule has 1 aromatic rings. The average Bonchev–Trinajstić information content (AvgIpc) is 3.11. The van der Waals surface area contributed by atoms with E-state index in [4.69, 9.17) is 4.74 Å². The van der Waals surface area contributed by atoms with Crippen LogP contribution in [-0.4, -0.2) is 45.3 Å². The van der Waals surface area contributed by atoms with E-state index in [9.17, 15) is 4.79 Å². The second-order valence-corrected chi connectivity index (χ2v) is 6.86. The molecule has 21 heavy (non-hydrogen) atoms. The number of rotatable bonds is 4. The van der Waals surface area contributed by atoms with Crippen LogP contribution >= 0.6 is 0 Å². The van der Waals surface area contributed by atoms with E-state index in [1.54, 1.807) is 12.4 Å². The van der Waals surface area contributed by atoms with Gasteiger partial charge in [0.25, 0.3) is 0 Å². The summed E-state index contributed by atoms with van der Waals surface area (Å²) in [6.07, 6.45) is 10.6. The van der Waals surface area contributed by atoms with Crippen molar-refractivity contribution in [3.8, 4) is 0 Å². The lowest BCUT2D eigenvalue weighted by atomic mass is 9.85. The molecule has 0 N–H and O–H groups in total. The Morgan fingerprint density at radius 3 is 3.05 bits per heavy atom. The molecular formula is C16H25N3O2. The number of carbonyl (C=O) groups is 1. The van der Waals surface area contributed by atoms with Gasteiger partial charge in [0.1, 0.15) is 12.9 Å². The number of carbonyl (C=O) groups excluding carboxylic acids is 1. The van der Waals surface area contributed by atoms with Crippen LogP contribution in [0.15, 0.2) is 18.7 Å². The van der Waals surface area contributed by atoms with E-state index < -0.39 is 0 Å². The minimum absolute atomic E-state index is 0.326. The lowest BCUT2D eigenvalue weighted by molar-refractivity contribution is 0.0739. The summed E-state index contributed by atoms with van der Waals surface area (Å²) in [5, 5.41) is 0. The molecule has 0 saturated carbocycles. The van der Waals surface area contributed by atoms with Gasteiger partial charge in [-0.25, -0.2) is 14.3 Å². The topological polar surface area (TPSA) is 47.4 Å². The van der Waals surface area contributed by atoms with Gasteiger partial charge >= 0.3 is 6.09 Å². The van der Waals surface area contributed by atoms with Crippen LogP contribution in [0.4, 0.5) is 4.79 Å². The third-order valence-electron chi connectivity index (χ3n) is 4.94. The van der Waals surface area contributed by atoms with Crippen molar-refractivity contribution in [2.24, 2.45) is 5.92 Å². The zero-order valence-electron chi connectivity index (χ0n) is 13.0. The molecule has 2 atom stereocenters. The minimum Gasteiger partial charge on any atom is -0.447 e. The molecule has 0 bridgehead atoms. The molecule has 0 aromatic carbocycles. The van der Waals surface area contributed by atoms with Crippen LogP contribution in [0.1, 0.15) is 46.0 Å². The zero-order chi connectivity index (χ0) is 14.9. The quantitative estimate of drug-likeness (QED) is 0.856. The van der Waals surface area contributed by atoms with Gasteiger partial charge in [0.15, 0.2) is 0 Å². The smallest absolute Gasteiger partial charge is 0.419 e. The maximum absolute atomic E-state index is 11.9. The standard InChI is InChI=1S/C16H25N3O2/c1-13(2)10-16-5-3-8-19(16)14(4-6-16)11-21-15(20)18-9-7-17-12-18/h7,9,12-14H,3-6,8,10-11H2,1-2H3/t14-,16+/m0/s1. The Kier molecular flexibility index (Phi) is 4.02. The van der Waals surface area contributed by atoms with E-state index in [1.807, 2.05) is 0 Å². The Morgan fingerprint density at radius 2 is 2.33 bits per heavy atom. The summed E-state index contributed by atoms with van der Waals surface area (Å²) >= 11 is 0. The van der Waals surface area contributed by atoms with Crippen molar-refractivity contribution < 1.29 is 9.53 Å². The number of hydrogen-bond donors (Lipinski definition) is 0. The van der Waals surface area contributed by atoms with Crippen molar-refractivity contribution in [2.45, 2.75) is 57.5 Å². The fourth-order valence-corrected chi connectivity index (χ4v) is 4.25. The predicted molar refractivity (Wildman–Crippen MR) is 80.1 cm³/mol. The van der Waals surface area contributed by atoms with Crippen molar-refractivity contribution in [3.63, 3.8) is 0 Å². The van der Waals surface area contributed by atoms with Gasteiger partial charge in [0, 0.05) is 24.0 Å². The maximum Gasteiger partial charge on any atom is 0.419 e. The molecule has 116 valence electrons. The first-order valence-electron chi connectivity index (χ1n) is 8.02. The van der Waals surface area contributed by atoms with Crippen LogP contribution in [0.2, 0.25) is 0 Å². The van der Waals surface area contributed by atoms with Gasteiger partial charge < -0.3 is 4.74 Å². The Hall–Kier alpha value is -1.36. The minimum atomic E-state index is -0.326. The molecule has 0 unspecified atom stereocenters. The lowest BCUT2D eigenvalue weighted by Crippen LogP contribution is -2.45. The van der Waals surface area contributed by atoms with Crippen molar-refractivity contribution in [1.29, 1.82) is 0 Å². The second kappa shape index (κ2) is 5.79. The van der Waals surface area contributed by atoms with Crippen LogP contribution in [0.3, 0.4) is 0 Å². The summed E-state index contributed by atoms with van der Waals surface area (Å²) in [5.74, 6) is 0.720. The van der Waals surface area contributed by atoms with Crippen molar-refractivity contribution in [2.75, 3.05) is 13.2 Å². The lowest BCUT2D eigenvalue weighted by Gasteiger charge is -2.36. The number of aromatic nitrogens is 2. The van der Waals surface area contributed by atoms with Crippen LogP contribution in [0.5, 0.6) is 0 Å². The third-order valence-corrected chi connectivity index (χ3v) is 4.94. The fourth-order valence-electron chi connectivity index (χ4n) is 4.25. The maximum atomic E-state index is 11.9. The van der Waals surface area contributed by atoms with Gasteiger partial charge in [0.2, 0.25) is 0 Å². The molecule has 0 spiro atoms. The van der Waals surface area contributed by atoms with E-state index in [1.165, 1.54) is 36.6 Å². The van der Waals surface area contributed by atoms with Gasteiger partial charge in [-0.1, -0.05) is 13.8 Å². The van der Waals surface area contributed by atoms with Gasteiger partial charge in [-0.2, -0.15) is 0 Å². The molecular weight excluding hydrogens is 266 g/mol. The van der Waals surface area contributed by atoms with Crippen molar-refractivity contribution >= 4 is 6.09 Å². The zero-order valence-corrected chi connectivity index (χ0v) is 13.0. The molecule has 0 radical (unpaired) electrons. The Morgan fingerprint density at radius 1 is 1.48 bits per heavy atom. The first-order valence-corrected chi connectivity index (χ1v) is 8.02. The van der Waals surface area contributed by atoms with E-state index >= 15 is 0 Å². The molecule has 5 heteroatoms. The van der Waals surface area contributed by atoms with E-state index in [2.05, 4.69) is 23.7 Å². The SMILES string of the molecule is CC(C)C[C@]12CCCN1[C@H](COC(=O)n1ccnc1)CC2. The van der Waals surface area contributed by atoms with Crippen LogP contribution in [-0.2, 0) is 4.74 Å². The summed E-state index contributed by atoms with van der Waals surface area (Å²) in [4.78, 5) is 18.4. The fraction of sp³-hybridized carbons (Fsp3) is 0.750. The molecule has 3 heterocycles. The van der Waals surface area contributed by atoms with Gasteiger partial charge in [-0.3, -0.25) is 4.90 Å². The van der Waals surface area contributed by atoms with Crippen molar-refractivity contribution in [3.05, 3.63) is 18.7 Å². The average molecular weight is 291 g/mol. The molecule has 3 rings (SSSR count). The summed E-state index contributed by atoms with van der Waals surface area (Å²) in [6, 6.07) is 0.388. The molecule has 2 fully saturated rings. The molecule has 0 aliphatic carbocycles. The highest BCUT2D eigenvalue weighted by molar-refractivity contribution is 5.69. The molecule has 2 aliphatic rings. The highest BCUT2D eigenvalue weighted by atomic mass is 16.5. The Labute approximate surface area is 126 Å². The second-order valence-electron chi connectivity index (χ2n) is 6.86. The molecule has 5 nitrogen and oxygen atoms in total. The van der Waals surface area contributed by atoms with Gasteiger partial charge in [-0.15, -0.1) is 0 Å². The number of ether oxygens (including phenoxy) is 1. The van der Waals surface area contributed by atoms with Crippen LogP contribution in [0, 0.1) is 5.92 Å². The van der Waals surface area contributed by atoms with Crippen LogP contribution in [0.25, 0.3) is 0 Å². The van der Waals surface area contributed by atoms with E-state index in [0.29, 0.717) is 18.2 Å².